The Kier molecular flexibility index (Phi) is 5.25. The van der Waals surface area contributed by atoms with Crippen molar-refractivity contribution in [3.05, 3.63) is 26.7 Å². The molecule has 0 bridgehead atoms. The number of carbonyl (C=O) groups excluding carboxylic acids is 1. The Morgan fingerprint density at radius 1 is 1.57 bits per heavy atom. The van der Waals surface area contributed by atoms with E-state index in [1.165, 1.54) is 4.90 Å². The molecule has 0 saturated carbocycles. The molecule has 1 amide bonds. The van der Waals surface area contributed by atoms with E-state index in [2.05, 4.69) is 10.3 Å². The van der Waals surface area contributed by atoms with Crippen molar-refractivity contribution >= 4 is 35.0 Å². The van der Waals surface area contributed by atoms with Crippen LogP contribution in [0.3, 0.4) is 0 Å². The van der Waals surface area contributed by atoms with Gasteiger partial charge in [0.25, 0.3) is 0 Å². The zero-order valence-corrected chi connectivity index (χ0v) is 17.3. The van der Waals surface area contributed by atoms with Crippen LogP contribution in [0.1, 0.15) is 37.0 Å². The number of aliphatic hydroxyl groups excluding tert-OH is 1. The zero-order chi connectivity index (χ0) is 20.2. The van der Waals surface area contributed by atoms with E-state index < -0.39 is 18.0 Å². The molecule has 4 heterocycles. The van der Waals surface area contributed by atoms with Crippen LogP contribution in [0.15, 0.2) is 16.0 Å². The van der Waals surface area contributed by atoms with Gasteiger partial charge in [-0.1, -0.05) is 6.92 Å². The van der Waals surface area contributed by atoms with Crippen molar-refractivity contribution in [1.29, 1.82) is 0 Å². The smallest absolute Gasteiger partial charge is 0.353 e. The van der Waals surface area contributed by atoms with Crippen LogP contribution in [0, 0.1) is 11.8 Å². The Morgan fingerprint density at radius 3 is 2.93 bits per heavy atom. The van der Waals surface area contributed by atoms with E-state index in [0.717, 1.165) is 28.6 Å². The number of aliphatic carboxylic acids is 1. The summed E-state index contributed by atoms with van der Waals surface area (Å²) in [5, 5.41) is 26.3. The van der Waals surface area contributed by atoms with Crippen molar-refractivity contribution in [2.24, 2.45) is 17.6 Å². The van der Waals surface area contributed by atoms with E-state index in [9.17, 15) is 19.8 Å². The van der Waals surface area contributed by atoms with Gasteiger partial charge in [0.15, 0.2) is 0 Å². The maximum absolute atomic E-state index is 12.4. The van der Waals surface area contributed by atoms with Crippen LogP contribution in [0.4, 0.5) is 0 Å². The maximum atomic E-state index is 12.4. The highest BCUT2D eigenvalue weighted by Crippen LogP contribution is 2.52. The van der Waals surface area contributed by atoms with E-state index >= 15 is 0 Å². The first-order valence-electron chi connectivity index (χ1n) is 9.36. The lowest BCUT2D eigenvalue weighted by molar-refractivity contribution is -0.163. The number of nitrogens with one attached hydrogen (secondary N) is 1. The fraction of sp³-hybridized carbons (Fsp3) is 0.611. The summed E-state index contributed by atoms with van der Waals surface area (Å²) in [6, 6.07) is -0.130. The average Bonchev–Trinajstić information content (AvgIpc) is 3.33. The topological polar surface area (TPSA) is 129 Å². The molecule has 0 spiro atoms. The third-order valence-corrected chi connectivity index (χ3v) is 8.29. The maximum Gasteiger partial charge on any atom is 0.353 e. The molecule has 10 heteroatoms. The van der Waals surface area contributed by atoms with Crippen molar-refractivity contribution < 1.29 is 19.8 Å². The highest BCUT2D eigenvalue weighted by Gasteiger charge is 2.60. The number of nitrogens with two attached hydrogens (primary N) is 1. The van der Waals surface area contributed by atoms with E-state index in [-0.39, 0.29) is 34.9 Å². The summed E-state index contributed by atoms with van der Waals surface area (Å²) in [5.41, 5.74) is 6.61. The molecule has 28 heavy (non-hydrogen) atoms. The summed E-state index contributed by atoms with van der Waals surface area (Å²) in [4.78, 5) is 31.0. The normalized spacial score (nSPS) is 33.2. The molecule has 6 atom stereocenters. The Bertz CT molecular complexity index is 839. The number of thioether (sulfide) groups is 1. The molecule has 5 N–H and O–H groups in total. The predicted octanol–water partition coefficient (Wildman–Crippen LogP) is 0.892. The molecule has 4 rings (SSSR count). The van der Waals surface area contributed by atoms with Crippen LogP contribution in [-0.2, 0) is 16.1 Å². The third kappa shape index (κ3) is 3.07. The summed E-state index contributed by atoms with van der Waals surface area (Å²) in [7, 11) is 0. The average molecular weight is 425 g/mol. The molecule has 8 nitrogen and oxygen atoms in total. The van der Waals surface area contributed by atoms with Crippen LogP contribution in [0.5, 0.6) is 0 Å². The third-order valence-electron chi connectivity index (χ3n) is 5.77. The number of rotatable bonds is 6. The number of aromatic nitrogens is 1. The molecule has 3 aliphatic rings. The molecule has 0 unspecified atom stereocenters. The van der Waals surface area contributed by atoms with Gasteiger partial charge in [-0.3, -0.25) is 4.79 Å². The first kappa shape index (κ1) is 19.8. The number of thiazole rings is 1. The van der Waals surface area contributed by atoms with E-state index in [1.54, 1.807) is 30.0 Å². The molecule has 2 saturated heterocycles. The monoisotopic (exact) mass is 424 g/mol. The standard InChI is InChI=1S/C18H24N4O4S2/c1-7-13-12(8(2)23)17(24)22(13)14(18(25)26)15(7)28-10-3-11(20-5-10)16-21-9(4-19)6-27-16/h6-8,10-13,20,23H,3-5,19H2,1-2H3,(H,25,26)/t7-,8-,10+,11+,12-,13-/m1/s1. The van der Waals surface area contributed by atoms with Gasteiger partial charge in [-0.2, -0.15) is 0 Å². The lowest BCUT2D eigenvalue weighted by Crippen LogP contribution is -2.63. The highest BCUT2D eigenvalue weighted by atomic mass is 32.2. The number of β-lactam (4-membered cyclic amide) rings is 1. The van der Waals surface area contributed by atoms with Crippen molar-refractivity contribution in [3.8, 4) is 0 Å². The van der Waals surface area contributed by atoms with Gasteiger partial charge in [-0.05, 0) is 13.3 Å². The minimum atomic E-state index is -1.08. The van der Waals surface area contributed by atoms with Crippen LogP contribution in [-0.4, -0.2) is 55.9 Å². The SMILES string of the molecule is C[C@@H](O)[C@H]1C(=O)N2C(C(=O)O)=C(S[C@@H]3CN[C@H](c4nc(CN)cs4)C3)[C@H](C)[C@H]12. The van der Waals surface area contributed by atoms with E-state index in [4.69, 9.17) is 5.73 Å². The van der Waals surface area contributed by atoms with Crippen LogP contribution >= 0.6 is 23.1 Å². The van der Waals surface area contributed by atoms with Gasteiger partial charge in [0.05, 0.1) is 29.8 Å². The lowest BCUT2D eigenvalue weighted by atomic mass is 9.79. The second-order valence-electron chi connectivity index (χ2n) is 7.59. The Balaban J connectivity index is 1.51. The van der Waals surface area contributed by atoms with E-state index in [0.29, 0.717) is 6.54 Å². The van der Waals surface area contributed by atoms with Crippen molar-refractivity contribution in [2.45, 2.75) is 50.3 Å². The fourth-order valence-corrected chi connectivity index (χ4v) is 6.81. The molecule has 0 radical (unpaired) electrons. The van der Waals surface area contributed by atoms with Gasteiger partial charge in [0, 0.05) is 34.5 Å². The number of nitrogens with zero attached hydrogens (tertiary/aromatic N) is 2. The van der Waals surface area contributed by atoms with Crippen molar-refractivity contribution in [2.75, 3.05) is 6.54 Å². The predicted molar refractivity (Wildman–Crippen MR) is 106 cm³/mol. The molecule has 0 aromatic carbocycles. The number of aliphatic hydroxyl groups is 1. The van der Waals surface area contributed by atoms with Crippen molar-refractivity contribution in [3.63, 3.8) is 0 Å². The zero-order valence-electron chi connectivity index (χ0n) is 15.7. The van der Waals surface area contributed by atoms with Gasteiger partial charge in [0.2, 0.25) is 5.91 Å². The molecule has 3 aliphatic heterocycles. The number of carboxylic acid groups (broad SMARTS) is 1. The number of hydrogen-bond acceptors (Lipinski definition) is 8. The number of fused-ring (bicyclic) bond motifs is 1. The molecule has 152 valence electrons. The Labute approximate surface area is 171 Å². The largest absolute Gasteiger partial charge is 0.477 e. The van der Waals surface area contributed by atoms with Crippen LogP contribution < -0.4 is 11.1 Å². The molecular formula is C18H24N4O4S2. The van der Waals surface area contributed by atoms with Crippen LogP contribution in [0.2, 0.25) is 0 Å². The molecule has 0 aliphatic carbocycles. The summed E-state index contributed by atoms with van der Waals surface area (Å²) in [6.45, 7) is 4.71. The van der Waals surface area contributed by atoms with Crippen LogP contribution in [0.25, 0.3) is 0 Å². The molecule has 2 fully saturated rings. The first-order valence-corrected chi connectivity index (χ1v) is 11.1. The fourth-order valence-electron chi connectivity index (χ4n) is 4.42. The summed E-state index contributed by atoms with van der Waals surface area (Å²) < 4.78 is 0. The highest BCUT2D eigenvalue weighted by molar-refractivity contribution is 8.03. The quantitative estimate of drug-likeness (QED) is 0.496. The second-order valence-corrected chi connectivity index (χ2v) is 9.82. The summed E-state index contributed by atoms with van der Waals surface area (Å²) >= 11 is 3.13. The Hall–Kier alpha value is -1.46. The second kappa shape index (κ2) is 7.42. The van der Waals surface area contributed by atoms with Gasteiger partial charge in [0.1, 0.15) is 10.7 Å². The van der Waals surface area contributed by atoms with Crippen molar-refractivity contribution in [1.82, 2.24) is 15.2 Å². The van der Waals surface area contributed by atoms with Gasteiger partial charge in [-0.25, -0.2) is 9.78 Å². The Morgan fingerprint density at radius 2 is 2.32 bits per heavy atom. The molecule has 1 aromatic heterocycles. The number of hydrogen-bond donors (Lipinski definition) is 4. The minimum absolute atomic E-state index is 0.0903. The summed E-state index contributed by atoms with van der Waals surface area (Å²) in [5.74, 6) is -2.00. The summed E-state index contributed by atoms with van der Waals surface area (Å²) in [6.07, 6.45) is 0.0544. The molecule has 1 aromatic rings. The van der Waals surface area contributed by atoms with E-state index in [1.807, 2.05) is 12.3 Å². The number of amides is 1. The first-order chi connectivity index (χ1) is 13.3. The number of carbonyl (C=O) groups is 2. The van der Waals surface area contributed by atoms with Gasteiger partial charge >= 0.3 is 5.97 Å². The lowest BCUT2D eigenvalue weighted by Gasteiger charge is -2.46. The van der Waals surface area contributed by atoms with Gasteiger partial charge in [-0.15, -0.1) is 23.1 Å². The number of carboxylic acids is 1. The molecular weight excluding hydrogens is 400 g/mol. The van der Waals surface area contributed by atoms with Gasteiger partial charge < -0.3 is 26.2 Å². The minimum Gasteiger partial charge on any atom is -0.477 e.